The molecule has 0 spiro atoms. The van der Waals surface area contributed by atoms with Crippen LogP contribution in [0.3, 0.4) is 0 Å². The number of allylic oxidation sites excluding steroid dienone is 1. The van der Waals surface area contributed by atoms with Gasteiger partial charge in [-0.15, -0.1) is 0 Å². The Morgan fingerprint density at radius 1 is 1.14 bits per heavy atom. The van der Waals surface area contributed by atoms with Gasteiger partial charge in [0, 0.05) is 0 Å². The van der Waals surface area contributed by atoms with Gasteiger partial charge in [-0.25, -0.2) is 4.98 Å². The van der Waals surface area contributed by atoms with Crippen LogP contribution in [0.5, 0.6) is 11.5 Å². The molecule has 5 heteroatoms. The molecule has 0 aliphatic rings. The van der Waals surface area contributed by atoms with Crippen molar-refractivity contribution in [1.29, 1.82) is 0 Å². The molecule has 0 unspecified atom stereocenters. The summed E-state index contributed by atoms with van der Waals surface area (Å²) in [7, 11) is 3.13. The molecule has 0 atom stereocenters. The van der Waals surface area contributed by atoms with Gasteiger partial charge in [0.25, 0.3) is 0 Å². The number of carbonyl (C=O) groups is 1. The van der Waals surface area contributed by atoms with Crippen molar-refractivity contribution in [3.05, 3.63) is 53.7 Å². The van der Waals surface area contributed by atoms with E-state index in [1.807, 2.05) is 6.07 Å². The molecule has 2 aromatic rings. The molecule has 0 saturated carbocycles. The Labute approximate surface area is 123 Å². The van der Waals surface area contributed by atoms with Crippen molar-refractivity contribution in [3.63, 3.8) is 0 Å². The van der Waals surface area contributed by atoms with Crippen molar-refractivity contribution in [2.24, 2.45) is 0 Å². The van der Waals surface area contributed by atoms with Crippen molar-refractivity contribution < 1.29 is 14.3 Å². The van der Waals surface area contributed by atoms with Gasteiger partial charge in [0.15, 0.2) is 11.5 Å². The monoisotopic (exact) mass is 284 g/mol. The smallest absolute Gasteiger partial charge is 0.204 e. The Hall–Kier alpha value is -2.82. The molecule has 0 bridgehead atoms. The number of nitrogen functional groups attached to an aromatic ring is 1. The first-order valence-electron chi connectivity index (χ1n) is 6.31. The molecule has 1 aromatic heterocycles. The van der Waals surface area contributed by atoms with Crippen LogP contribution in [0.2, 0.25) is 0 Å². The molecule has 0 aliphatic carbocycles. The third-order valence-corrected chi connectivity index (χ3v) is 2.86. The SMILES string of the molecule is COc1ccc(/C=C/C(=O)c2cccc(N)n2)cc1OC. The molecule has 0 saturated heterocycles. The summed E-state index contributed by atoms with van der Waals surface area (Å²) in [4.78, 5) is 16.0. The fourth-order valence-electron chi connectivity index (χ4n) is 1.80. The Kier molecular flexibility index (Phi) is 4.56. The number of ether oxygens (including phenoxy) is 2. The quantitative estimate of drug-likeness (QED) is 0.674. The second kappa shape index (κ2) is 6.56. The first-order valence-corrected chi connectivity index (χ1v) is 6.31. The van der Waals surface area contributed by atoms with Crippen LogP contribution in [-0.2, 0) is 0 Å². The minimum absolute atomic E-state index is 0.211. The van der Waals surface area contributed by atoms with E-state index in [0.29, 0.717) is 23.0 Å². The van der Waals surface area contributed by atoms with Crippen LogP contribution in [0.15, 0.2) is 42.5 Å². The highest BCUT2D eigenvalue weighted by Crippen LogP contribution is 2.27. The Bertz CT molecular complexity index is 681. The molecule has 108 valence electrons. The van der Waals surface area contributed by atoms with Gasteiger partial charge in [-0.2, -0.15) is 0 Å². The fraction of sp³-hybridized carbons (Fsp3) is 0.125. The number of hydrogen-bond donors (Lipinski definition) is 1. The largest absolute Gasteiger partial charge is 0.493 e. The van der Waals surface area contributed by atoms with Crippen LogP contribution in [0.4, 0.5) is 5.82 Å². The first-order chi connectivity index (χ1) is 10.1. The van der Waals surface area contributed by atoms with Crippen LogP contribution in [0.25, 0.3) is 6.08 Å². The van der Waals surface area contributed by atoms with Gasteiger partial charge in [0.05, 0.1) is 14.2 Å². The number of benzene rings is 1. The summed E-state index contributed by atoms with van der Waals surface area (Å²) in [5, 5.41) is 0. The van der Waals surface area contributed by atoms with E-state index in [1.165, 1.54) is 6.08 Å². The normalized spacial score (nSPS) is 10.6. The molecule has 2 rings (SSSR count). The number of methoxy groups -OCH3 is 2. The van der Waals surface area contributed by atoms with E-state index >= 15 is 0 Å². The van der Waals surface area contributed by atoms with Crippen LogP contribution < -0.4 is 15.2 Å². The average Bonchev–Trinajstić information content (AvgIpc) is 2.52. The van der Waals surface area contributed by atoms with E-state index in [-0.39, 0.29) is 5.78 Å². The number of nitrogens with two attached hydrogens (primary N) is 1. The minimum Gasteiger partial charge on any atom is -0.493 e. The predicted molar refractivity (Wildman–Crippen MR) is 81.6 cm³/mol. The maximum absolute atomic E-state index is 12.0. The van der Waals surface area contributed by atoms with Gasteiger partial charge in [-0.3, -0.25) is 4.79 Å². The van der Waals surface area contributed by atoms with E-state index in [0.717, 1.165) is 5.56 Å². The third-order valence-electron chi connectivity index (χ3n) is 2.86. The van der Waals surface area contributed by atoms with Gasteiger partial charge in [0.1, 0.15) is 11.5 Å². The molecule has 2 N–H and O–H groups in total. The fourth-order valence-corrected chi connectivity index (χ4v) is 1.80. The minimum atomic E-state index is -0.211. The zero-order chi connectivity index (χ0) is 15.2. The molecule has 0 aliphatic heterocycles. The molecule has 1 heterocycles. The summed E-state index contributed by atoms with van der Waals surface area (Å²) in [6.45, 7) is 0. The molecular weight excluding hydrogens is 268 g/mol. The molecule has 1 aromatic carbocycles. The van der Waals surface area contributed by atoms with Gasteiger partial charge in [0.2, 0.25) is 5.78 Å². The standard InChI is InChI=1S/C16H16N2O3/c1-20-14-9-7-11(10-15(14)21-2)6-8-13(19)12-4-3-5-16(17)18-12/h3-10H,1-2H3,(H2,17,18)/b8-6+. The maximum Gasteiger partial charge on any atom is 0.204 e. The maximum atomic E-state index is 12.0. The number of rotatable bonds is 5. The highest BCUT2D eigenvalue weighted by atomic mass is 16.5. The summed E-state index contributed by atoms with van der Waals surface area (Å²) in [5.74, 6) is 1.35. The van der Waals surface area contributed by atoms with Crippen molar-refractivity contribution >= 4 is 17.7 Å². The zero-order valence-electron chi connectivity index (χ0n) is 11.9. The van der Waals surface area contributed by atoms with Gasteiger partial charge in [-0.1, -0.05) is 18.2 Å². The van der Waals surface area contributed by atoms with E-state index < -0.39 is 0 Å². The molecule has 0 amide bonds. The van der Waals surface area contributed by atoms with E-state index in [4.69, 9.17) is 15.2 Å². The predicted octanol–water partition coefficient (Wildman–Crippen LogP) is 2.58. The molecule has 0 fully saturated rings. The summed E-state index contributed by atoms with van der Waals surface area (Å²) >= 11 is 0. The summed E-state index contributed by atoms with van der Waals surface area (Å²) in [5.41, 5.74) is 6.69. The number of aromatic nitrogens is 1. The van der Waals surface area contributed by atoms with Crippen molar-refractivity contribution in [1.82, 2.24) is 4.98 Å². The van der Waals surface area contributed by atoms with Crippen molar-refractivity contribution in [2.45, 2.75) is 0 Å². The lowest BCUT2D eigenvalue weighted by Gasteiger charge is -2.07. The number of ketones is 1. The van der Waals surface area contributed by atoms with Crippen LogP contribution in [-0.4, -0.2) is 25.0 Å². The number of hydrogen-bond acceptors (Lipinski definition) is 5. The number of nitrogens with zero attached hydrogens (tertiary/aromatic N) is 1. The summed E-state index contributed by atoms with van der Waals surface area (Å²) < 4.78 is 10.4. The second-order valence-corrected chi connectivity index (χ2v) is 4.26. The van der Waals surface area contributed by atoms with Crippen molar-refractivity contribution in [3.8, 4) is 11.5 Å². The highest BCUT2D eigenvalue weighted by Gasteiger charge is 2.05. The number of pyridine rings is 1. The van der Waals surface area contributed by atoms with Crippen molar-refractivity contribution in [2.75, 3.05) is 20.0 Å². The molecule has 21 heavy (non-hydrogen) atoms. The zero-order valence-corrected chi connectivity index (χ0v) is 11.9. The van der Waals surface area contributed by atoms with E-state index in [2.05, 4.69) is 4.98 Å². The Morgan fingerprint density at radius 3 is 2.57 bits per heavy atom. The molecular formula is C16H16N2O3. The topological polar surface area (TPSA) is 74.4 Å². The second-order valence-electron chi connectivity index (χ2n) is 4.26. The highest BCUT2D eigenvalue weighted by molar-refractivity contribution is 6.05. The van der Waals surface area contributed by atoms with E-state index in [9.17, 15) is 4.79 Å². The van der Waals surface area contributed by atoms with Gasteiger partial charge >= 0.3 is 0 Å². The van der Waals surface area contributed by atoms with Gasteiger partial charge < -0.3 is 15.2 Å². The van der Waals surface area contributed by atoms with Crippen LogP contribution in [0.1, 0.15) is 16.1 Å². The Balaban J connectivity index is 2.19. The van der Waals surface area contributed by atoms with E-state index in [1.54, 1.807) is 50.6 Å². The number of carbonyl (C=O) groups excluding carboxylic acids is 1. The van der Waals surface area contributed by atoms with Crippen LogP contribution >= 0.6 is 0 Å². The van der Waals surface area contributed by atoms with Gasteiger partial charge in [-0.05, 0) is 35.9 Å². The lowest BCUT2D eigenvalue weighted by atomic mass is 10.1. The summed E-state index contributed by atoms with van der Waals surface area (Å²) in [6, 6.07) is 10.3. The molecule has 5 nitrogen and oxygen atoms in total. The average molecular weight is 284 g/mol. The Morgan fingerprint density at radius 2 is 1.90 bits per heavy atom. The first kappa shape index (κ1) is 14.6. The number of anilines is 1. The lowest BCUT2D eigenvalue weighted by molar-refractivity contribution is 0.104. The summed E-state index contributed by atoms with van der Waals surface area (Å²) in [6.07, 6.45) is 3.14. The molecule has 0 radical (unpaired) electrons. The van der Waals surface area contributed by atoms with Crippen LogP contribution in [0, 0.1) is 0 Å². The third kappa shape index (κ3) is 3.60. The lowest BCUT2D eigenvalue weighted by Crippen LogP contribution is -2.00.